The van der Waals surface area contributed by atoms with Gasteiger partial charge in [0, 0.05) is 6.42 Å². The SMILES string of the molecule is Cc1nc2c(c(=O)[nH]1)CN(C(=O)CCCOc1ccccc1)C2. The first-order valence-electron chi connectivity index (χ1n) is 7.68. The third kappa shape index (κ3) is 3.59. The number of para-hydroxylation sites is 1. The zero-order valence-corrected chi connectivity index (χ0v) is 13.0. The second kappa shape index (κ2) is 6.64. The van der Waals surface area contributed by atoms with E-state index in [1.807, 2.05) is 30.3 Å². The first-order chi connectivity index (χ1) is 11.1. The summed E-state index contributed by atoms with van der Waals surface area (Å²) in [6, 6.07) is 9.53. The van der Waals surface area contributed by atoms with Gasteiger partial charge in [-0.2, -0.15) is 0 Å². The van der Waals surface area contributed by atoms with Crippen molar-refractivity contribution in [2.24, 2.45) is 0 Å². The number of nitrogens with one attached hydrogen (secondary N) is 1. The number of rotatable bonds is 5. The molecule has 1 aromatic heterocycles. The number of fused-ring (bicyclic) bond motifs is 1. The lowest BCUT2D eigenvalue weighted by molar-refractivity contribution is -0.132. The number of benzene rings is 1. The van der Waals surface area contributed by atoms with Crippen molar-refractivity contribution in [2.75, 3.05) is 6.61 Å². The molecule has 1 aromatic carbocycles. The van der Waals surface area contributed by atoms with E-state index in [1.165, 1.54) is 0 Å². The number of hydrogen-bond acceptors (Lipinski definition) is 4. The van der Waals surface area contributed by atoms with Crippen LogP contribution in [0.1, 0.15) is 29.9 Å². The monoisotopic (exact) mass is 313 g/mol. The third-order valence-corrected chi connectivity index (χ3v) is 3.81. The number of aryl methyl sites for hydroxylation is 1. The van der Waals surface area contributed by atoms with Gasteiger partial charge < -0.3 is 14.6 Å². The number of aromatic amines is 1. The average molecular weight is 313 g/mol. The van der Waals surface area contributed by atoms with Crippen molar-refractivity contribution >= 4 is 5.91 Å². The standard InChI is InChI=1S/C17H19N3O3/c1-12-18-15-11-20(10-14(15)17(22)19-12)16(21)8-5-9-23-13-6-3-2-4-7-13/h2-4,6-7H,5,8-11H2,1H3,(H,18,19,22). The first kappa shape index (κ1) is 15.3. The van der Waals surface area contributed by atoms with Crippen LogP contribution in [0.5, 0.6) is 5.75 Å². The lowest BCUT2D eigenvalue weighted by atomic mass is 10.2. The molecule has 2 aromatic rings. The van der Waals surface area contributed by atoms with E-state index in [1.54, 1.807) is 11.8 Å². The minimum absolute atomic E-state index is 0.0247. The Morgan fingerprint density at radius 1 is 1.30 bits per heavy atom. The smallest absolute Gasteiger partial charge is 0.256 e. The fourth-order valence-electron chi connectivity index (χ4n) is 2.65. The van der Waals surface area contributed by atoms with Crippen molar-refractivity contribution in [3.8, 4) is 5.75 Å². The minimum Gasteiger partial charge on any atom is -0.494 e. The summed E-state index contributed by atoms with van der Waals surface area (Å²) < 4.78 is 5.58. The first-order valence-corrected chi connectivity index (χ1v) is 7.68. The van der Waals surface area contributed by atoms with E-state index in [2.05, 4.69) is 9.97 Å². The maximum atomic E-state index is 12.3. The van der Waals surface area contributed by atoms with Crippen LogP contribution in [0.25, 0.3) is 0 Å². The Morgan fingerprint density at radius 3 is 2.87 bits per heavy atom. The summed E-state index contributed by atoms with van der Waals surface area (Å²) in [5.41, 5.74) is 1.17. The Kier molecular flexibility index (Phi) is 4.41. The highest BCUT2D eigenvalue weighted by Gasteiger charge is 2.26. The van der Waals surface area contributed by atoms with E-state index in [0.29, 0.717) is 49.6 Å². The van der Waals surface area contributed by atoms with Crippen LogP contribution in [-0.2, 0) is 17.9 Å². The van der Waals surface area contributed by atoms with Gasteiger partial charge in [-0.15, -0.1) is 0 Å². The van der Waals surface area contributed by atoms with E-state index in [9.17, 15) is 9.59 Å². The normalized spacial score (nSPS) is 13.0. The van der Waals surface area contributed by atoms with Gasteiger partial charge in [0.05, 0.1) is 31.0 Å². The van der Waals surface area contributed by atoms with Crippen LogP contribution in [0, 0.1) is 6.92 Å². The van der Waals surface area contributed by atoms with Crippen molar-refractivity contribution in [1.29, 1.82) is 0 Å². The molecule has 3 rings (SSSR count). The highest BCUT2D eigenvalue weighted by atomic mass is 16.5. The molecule has 23 heavy (non-hydrogen) atoms. The Hall–Kier alpha value is -2.63. The molecule has 1 aliphatic heterocycles. The van der Waals surface area contributed by atoms with Crippen LogP contribution in [0.2, 0.25) is 0 Å². The van der Waals surface area contributed by atoms with Gasteiger partial charge in [0.2, 0.25) is 5.91 Å². The Morgan fingerprint density at radius 2 is 2.09 bits per heavy atom. The zero-order valence-electron chi connectivity index (χ0n) is 13.0. The predicted octanol–water partition coefficient (Wildman–Crippen LogP) is 1.78. The molecule has 0 aliphatic carbocycles. The molecule has 0 saturated carbocycles. The largest absolute Gasteiger partial charge is 0.494 e. The second-order valence-corrected chi connectivity index (χ2v) is 5.59. The van der Waals surface area contributed by atoms with E-state index >= 15 is 0 Å². The number of carbonyl (C=O) groups is 1. The molecular formula is C17H19N3O3. The van der Waals surface area contributed by atoms with Gasteiger partial charge in [0.15, 0.2) is 0 Å². The summed E-state index contributed by atoms with van der Waals surface area (Å²) >= 11 is 0. The fourth-order valence-corrected chi connectivity index (χ4v) is 2.65. The van der Waals surface area contributed by atoms with Crippen molar-refractivity contribution in [2.45, 2.75) is 32.9 Å². The van der Waals surface area contributed by atoms with Crippen LogP contribution in [0.4, 0.5) is 0 Å². The lowest BCUT2D eigenvalue weighted by Crippen LogP contribution is -2.26. The number of H-pyrrole nitrogens is 1. The Labute approximate surface area is 134 Å². The number of amides is 1. The fraction of sp³-hybridized carbons (Fsp3) is 0.353. The van der Waals surface area contributed by atoms with Crippen LogP contribution < -0.4 is 10.3 Å². The van der Waals surface area contributed by atoms with Gasteiger partial charge in [-0.3, -0.25) is 9.59 Å². The second-order valence-electron chi connectivity index (χ2n) is 5.59. The Balaban J connectivity index is 1.49. The highest BCUT2D eigenvalue weighted by Crippen LogP contribution is 2.19. The summed E-state index contributed by atoms with van der Waals surface area (Å²) in [5, 5.41) is 0. The van der Waals surface area contributed by atoms with Gasteiger partial charge in [-0.05, 0) is 25.5 Å². The van der Waals surface area contributed by atoms with Crippen molar-refractivity contribution in [1.82, 2.24) is 14.9 Å². The zero-order chi connectivity index (χ0) is 16.2. The number of nitrogens with zero attached hydrogens (tertiary/aromatic N) is 2. The lowest BCUT2D eigenvalue weighted by Gasteiger charge is -2.14. The van der Waals surface area contributed by atoms with Gasteiger partial charge in [0.1, 0.15) is 11.6 Å². The van der Waals surface area contributed by atoms with Crippen LogP contribution in [-0.4, -0.2) is 27.4 Å². The summed E-state index contributed by atoms with van der Waals surface area (Å²) in [7, 11) is 0. The number of hydrogen-bond donors (Lipinski definition) is 1. The molecule has 0 unspecified atom stereocenters. The molecule has 6 heteroatoms. The molecule has 0 fully saturated rings. The minimum atomic E-state index is -0.143. The van der Waals surface area contributed by atoms with Crippen LogP contribution in [0.15, 0.2) is 35.1 Å². The molecule has 0 bridgehead atoms. The molecule has 1 N–H and O–H groups in total. The summed E-state index contributed by atoms with van der Waals surface area (Å²) in [6.45, 7) is 3.00. The van der Waals surface area contributed by atoms with E-state index in [-0.39, 0.29) is 11.5 Å². The predicted molar refractivity (Wildman–Crippen MR) is 85.0 cm³/mol. The molecular weight excluding hydrogens is 294 g/mol. The molecule has 0 radical (unpaired) electrons. The van der Waals surface area contributed by atoms with Crippen molar-refractivity contribution < 1.29 is 9.53 Å². The summed E-state index contributed by atoms with van der Waals surface area (Å²) in [4.78, 5) is 32.8. The van der Waals surface area contributed by atoms with E-state index in [4.69, 9.17) is 4.74 Å². The maximum Gasteiger partial charge on any atom is 0.256 e. The molecule has 2 heterocycles. The third-order valence-electron chi connectivity index (χ3n) is 3.81. The van der Waals surface area contributed by atoms with E-state index < -0.39 is 0 Å². The molecule has 0 spiro atoms. The molecule has 120 valence electrons. The topological polar surface area (TPSA) is 75.3 Å². The number of aromatic nitrogens is 2. The van der Waals surface area contributed by atoms with Crippen LogP contribution >= 0.6 is 0 Å². The summed E-state index contributed by atoms with van der Waals surface area (Å²) in [6.07, 6.45) is 1.04. The highest BCUT2D eigenvalue weighted by molar-refractivity contribution is 5.76. The molecule has 0 atom stereocenters. The molecule has 1 amide bonds. The van der Waals surface area contributed by atoms with Gasteiger partial charge in [0.25, 0.3) is 5.56 Å². The summed E-state index contributed by atoms with van der Waals surface area (Å²) in [5.74, 6) is 1.41. The number of ether oxygens (including phenoxy) is 1. The molecule has 6 nitrogen and oxygen atoms in total. The van der Waals surface area contributed by atoms with Gasteiger partial charge in [-0.1, -0.05) is 18.2 Å². The maximum absolute atomic E-state index is 12.3. The van der Waals surface area contributed by atoms with Crippen molar-refractivity contribution in [3.05, 3.63) is 57.8 Å². The quantitative estimate of drug-likeness (QED) is 0.854. The average Bonchev–Trinajstić information content (AvgIpc) is 2.97. The van der Waals surface area contributed by atoms with E-state index in [0.717, 1.165) is 5.75 Å². The van der Waals surface area contributed by atoms with Gasteiger partial charge in [-0.25, -0.2) is 4.98 Å². The number of carbonyl (C=O) groups excluding carboxylic acids is 1. The Bertz CT molecular complexity index is 755. The van der Waals surface area contributed by atoms with Gasteiger partial charge >= 0.3 is 0 Å². The molecule has 1 aliphatic rings. The van der Waals surface area contributed by atoms with Crippen molar-refractivity contribution in [3.63, 3.8) is 0 Å². The van der Waals surface area contributed by atoms with Crippen LogP contribution in [0.3, 0.4) is 0 Å². The molecule has 0 saturated heterocycles.